The first-order chi connectivity index (χ1) is 12.6. The van der Waals surface area contributed by atoms with E-state index < -0.39 is 15.8 Å². The van der Waals surface area contributed by atoms with Crippen LogP contribution in [0.1, 0.15) is 37.8 Å². The molecule has 0 saturated heterocycles. The van der Waals surface area contributed by atoms with Gasteiger partial charge in [0, 0.05) is 5.92 Å². The highest BCUT2D eigenvalue weighted by Gasteiger charge is 2.62. The van der Waals surface area contributed by atoms with E-state index in [1.807, 2.05) is 20.8 Å². The van der Waals surface area contributed by atoms with E-state index in [0.717, 1.165) is 11.1 Å². The van der Waals surface area contributed by atoms with Gasteiger partial charge in [0.2, 0.25) is 15.9 Å². The first-order valence-corrected chi connectivity index (χ1v) is 10.3. The van der Waals surface area contributed by atoms with Crippen molar-refractivity contribution in [1.82, 2.24) is 0 Å². The molecule has 0 aliphatic heterocycles. The lowest BCUT2D eigenvalue weighted by Gasteiger charge is -2.11. The number of hydrogen-bond acceptors (Lipinski definition) is 3. The average molecular weight is 390 g/mol. The second-order valence-corrected chi connectivity index (χ2v) is 9.07. The number of benzene rings is 2. The van der Waals surface area contributed by atoms with Crippen molar-refractivity contribution in [1.29, 1.82) is 0 Å². The predicted molar refractivity (Wildman–Crippen MR) is 102 cm³/mol. The Bertz CT molecular complexity index is 985. The van der Waals surface area contributed by atoms with Gasteiger partial charge in [0.15, 0.2) is 0 Å². The van der Waals surface area contributed by atoms with Crippen molar-refractivity contribution in [2.24, 2.45) is 16.5 Å². The van der Waals surface area contributed by atoms with Gasteiger partial charge >= 0.3 is 0 Å². The van der Waals surface area contributed by atoms with Crippen LogP contribution in [0.3, 0.4) is 0 Å². The van der Waals surface area contributed by atoms with Crippen LogP contribution in [-0.4, -0.2) is 14.3 Å². The highest BCUT2D eigenvalue weighted by atomic mass is 32.2. The van der Waals surface area contributed by atoms with Crippen molar-refractivity contribution in [3.63, 3.8) is 0 Å². The summed E-state index contributed by atoms with van der Waals surface area (Å²) in [5, 5.41) is 7.88. The molecule has 2 aromatic rings. The number of carbonyl (C=O) groups is 1. The summed E-state index contributed by atoms with van der Waals surface area (Å²) < 4.78 is 37.0. The van der Waals surface area contributed by atoms with Crippen molar-refractivity contribution in [2.75, 3.05) is 5.32 Å². The van der Waals surface area contributed by atoms with Crippen LogP contribution in [0.2, 0.25) is 0 Å². The molecule has 2 atom stereocenters. The van der Waals surface area contributed by atoms with Gasteiger partial charge in [-0.25, -0.2) is 17.9 Å². The number of para-hydroxylation sites is 1. The molecule has 1 aliphatic carbocycles. The van der Waals surface area contributed by atoms with Crippen LogP contribution in [0.4, 0.5) is 10.1 Å². The van der Waals surface area contributed by atoms with Crippen molar-refractivity contribution in [2.45, 2.75) is 38.0 Å². The lowest BCUT2D eigenvalue weighted by molar-refractivity contribution is -0.118. The average Bonchev–Trinajstić information content (AvgIpc) is 3.18. The first kappa shape index (κ1) is 19.5. The fourth-order valence-electron chi connectivity index (χ4n) is 3.82. The fraction of sp³-hybridized carbons (Fsp3) is 0.350. The summed E-state index contributed by atoms with van der Waals surface area (Å²) in [5.41, 5.74) is 1.52. The summed E-state index contributed by atoms with van der Waals surface area (Å²) in [4.78, 5) is 12.9. The molecule has 3 rings (SSSR count). The monoisotopic (exact) mass is 390 g/mol. The zero-order chi connectivity index (χ0) is 20.0. The number of hydrogen-bond donors (Lipinski definition) is 2. The maximum atomic E-state index is 14.2. The topological polar surface area (TPSA) is 89.3 Å². The molecule has 1 aliphatic rings. The fourth-order valence-corrected chi connectivity index (χ4v) is 4.33. The first-order valence-electron chi connectivity index (χ1n) is 8.78. The van der Waals surface area contributed by atoms with Crippen LogP contribution < -0.4 is 10.5 Å². The summed E-state index contributed by atoms with van der Waals surface area (Å²) in [6.45, 7) is 5.84. The van der Waals surface area contributed by atoms with Gasteiger partial charge in [-0.05, 0) is 41.2 Å². The van der Waals surface area contributed by atoms with E-state index in [4.69, 9.17) is 5.14 Å². The third kappa shape index (κ3) is 3.61. The van der Waals surface area contributed by atoms with Crippen molar-refractivity contribution in [3.05, 3.63) is 59.4 Å². The Labute approximate surface area is 158 Å². The second-order valence-electron chi connectivity index (χ2n) is 7.51. The van der Waals surface area contributed by atoms with E-state index in [0.29, 0.717) is 6.42 Å². The number of sulfonamides is 1. The molecule has 2 aromatic carbocycles. The van der Waals surface area contributed by atoms with Gasteiger partial charge in [-0.2, -0.15) is 0 Å². The molecule has 144 valence electrons. The van der Waals surface area contributed by atoms with Gasteiger partial charge in [-0.3, -0.25) is 4.79 Å². The second kappa shape index (κ2) is 6.73. The lowest BCUT2D eigenvalue weighted by atomic mass is 10.0. The Balaban J connectivity index is 1.83. The third-order valence-electron chi connectivity index (χ3n) is 5.41. The van der Waals surface area contributed by atoms with Gasteiger partial charge < -0.3 is 5.32 Å². The molecule has 7 heteroatoms. The minimum atomic E-state index is -3.76. The Kier molecular flexibility index (Phi) is 4.86. The van der Waals surface area contributed by atoms with E-state index in [-0.39, 0.29) is 33.7 Å². The minimum Gasteiger partial charge on any atom is -0.323 e. The van der Waals surface area contributed by atoms with Crippen LogP contribution >= 0.6 is 0 Å². The number of rotatable bonds is 5. The minimum absolute atomic E-state index is 0.0321. The van der Waals surface area contributed by atoms with Gasteiger partial charge in [-0.15, -0.1) is 0 Å². The van der Waals surface area contributed by atoms with Gasteiger partial charge in [0.05, 0.1) is 16.5 Å². The number of nitrogens with one attached hydrogen (secondary N) is 1. The van der Waals surface area contributed by atoms with Crippen LogP contribution in [0.5, 0.6) is 0 Å². The van der Waals surface area contributed by atoms with Gasteiger partial charge in [-0.1, -0.05) is 45.0 Å². The number of primary sulfonamides is 1. The predicted octanol–water partition coefficient (Wildman–Crippen LogP) is 3.41. The van der Waals surface area contributed by atoms with Crippen molar-refractivity contribution < 1.29 is 17.6 Å². The molecular weight excluding hydrogens is 367 g/mol. The van der Waals surface area contributed by atoms with Gasteiger partial charge in [0.1, 0.15) is 5.82 Å². The number of nitrogens with two attached hydrogens (primary N) is 1. The third-order valence-corrected chi connectivity index (χ3v) is 6.34. The normalized spacial score (nSPS) is 20.9. The van der Waals surface area contributed by atoms with Crippen molar-refractivity contribution >= 4 is 21.6 Å². The number of carbonyl (C=O) groups excluding carboxylic acids is 1. The van der Waals surface area contributed by atoms with Crippen LogP contribution in [0.15, 0.2) is 47.4 Å². The molecule has 0 radical (unpaired) electrons. The van der Waals surface area contributed by atoms with E-state index in [9.17, 15) is 17.6 Å². The Morgan fingerprint density at radius 2 is 1.81 bits per heavy atom. The summed E-state index contributed by atoms with van der Waals surface area (Å²) in [6.07, 6.45) is 0.611. The van der Waals surface area contributed by atoms with E-state index in [1.54, 1.807) is 24.3 Å². The molecule has 3 N–H and O–H groups in total. The molecule has 1 amide bonds. The Morgan fingerprint density at radius 3 is 2.37 bits per heavy atom. The summed E-state index contributed by atoms with van der Waals surface area (Å²) in [5.74, 6) is -1.10. The van der Waals surface area contributed by atoms with Crippen LogP contribution in [-0.2, 0) is 21.2 Å². The highest BCUT2D eigenvalue weighted by molar-refractivity contribution is 7.89. The SMILES string of the molecule is CCc1cccc(F)c1NC(=O)C1C(c2ccc(S(N)(=O)=O)cc2)C1(C)C. The molecule has 2 unspecified atom stereocenters. The van der Waals surface area contributed by atoms with Gasteiger partial charge in [0.25, 0.3) is 0 Å². The molecule has 0 bridgehead atoms. The number of halogens is 1. The molecule has 1 fully saturated rings. The molecule has 27 heavy (non-hydrogen) atoms. The van der Waals surface area contributed by atoms with Crippen molar-refractivity contribution in [3.8, 4) is 0 Å². The highest BCUT2D eigenvalue weighted by Crippen LogP contribution is 2.64. The summed E-state index contributed by atoms with van der Waals surface area (Å²) in [6, 6.07) is 11.0. The largest absolute Gasteiger partial charge is 0.323 e. The molecule has 0 aromatic heterocycles. The standard InChI is InChI=1S/C20H23FN2O3S/c1-4-12-6-5-7-15(21)18(12)23-19(24)17-16(20(17,2)3)13-8-10-14(11-9-13)27(22,25)26/h5-11,16-17H,4H2,1-3H3,(H,23,24)(H2,22,25,26). The lowest BCUT2D eigenvalue weighted by Crippen LogP contribution is -2.18. The smallest absolute Gasteiger partial charge is 0.238 e. The zero-order valence-electron chi connectivity index (χ0n) is 15.5. The van der Waals surface area contributed by atoms with Crippen LogP contribution in [0.25, 0.3) is 0 Å². The molecule has 0 heterocycles. The summed E-state index contributed by atoms with van der Waals surface area (Å²) >= 11 is 0. The maximum absolute atomic E-state index is 14.2. The quantitative estimate of drug-likeness (QED) is 0.820. The Hall–Kier alpha value is -2.25. The number of amides is 1. The zero-order valence-corrected chi connectivity index (χ0v) is 16.3. The number of aryl methyl sites for hydroxylation is 1. The molecule has 1 saturated carbocycles. The molecule has 0 spiro atoms. The van der Waals surface area contributed by atoms with E-state index in [1.165, 1.54) is 18.2 Å². The summed E-state index contributed by atoms with van der Waals surface area (Å²) in [7, 11) is -3.76. The molecule has 5 nitrogen and oxygen atoms in total. The van der Waals surface area contributed by atoms with E-state index in [2.05, 4.69) is 5.32 Å². The van der Waals surface area contributed by atoms with Crippen LogP contribution in [0, 0.1) is 17.2 Å². The Morgan fingerprint density at radius 1 is 1.19 bits per heavy atom. The number of anilines is 1. The maximum Gasteiger partial charge on any atom is 0.238 e. The molecular formula is C20H23FN2O3S. The van der Waals surface area contributed by atoms with E-state index >= 15 is 0 Å².